The minimum absolute atomic E-state index is 0.0758. The van der Waals surface area contributed by atoms with Crippen LogP contribution < -0.4 is 16.6 Å². The quantitative estimate of drug-likeness (QED) is 0.608. The molecule has 4 rings (SSSR count). The first-order chi connectivity index (χ1) is 15.3. The summed E-state index contributed by atoms with van der Waals surface area (Å²) < 4.78 is 2.69. The van der Waals surface area contributed by atoms with Crippen molar-refractivity contribution in [3.63, 3.8) is 0 Å². The Bertz CT molecular complexity index is 1220. The number of imidazole rings is 1. The van der Waals surface area contributed by atoms with Crippen LogP contribution in [0.3, 0.4) is 0 Å². The summed E-state index contributed by atoms with van der Waals surface area (Å²) in [5.41, 5.74) is 1.31. The smallest absolute Gasteiger partial charge is 0.325 e. The van der Waals surface area contributed by atoms with Gasteiger partial charge in [-0.1, -0.05) is 19.1 Å². The van der Waals surface area contributed by atoms with Crippen LogP contribution >= 0.6 is 0 Å². The van der Waals surface area contributed by atoms with E-state index in [0.717, 1.165) is 18.3 Å². The van der Waals surface area contributed by atoms with Crippen molar-refractivity contribution in [3.05, 3.63) is 57.0 Å². The zero-order valence-corrected chi connectivity index (χ0v) is 18.8. The van der Waals surface area contributed by atoms with Crippen LogP contribution in [-0.2, 0) is 24.8 Å². The van der Waals surface area contributed by atoms with E-state index < -0.39 is 11.2 Å². The largest absolute Gasteiger partial charge is 0.329 e. The van der Waals surface area contributed by atoms with E-state index in [2.05, 4.69) is 46.3 Å². The monoisotopic (exact) mass is 438 g/mol. The van der Waals surface area contributed by atoms with Gasteiger partial charge in [0.1, 0.15) is 6.54 Å². The molecule has 3 aromatic rings. The highest BCUT2D eigenvalue weighted by Crippen LogP contribution is 2.27. The zero-order chi connectivity index (χ0) is 22.8. The normalized spacial score (nSPS) is 19.3. The van der Waals surface area contributed by atoms with E-state index >= 15 is 0 Å². The number of piperidine rings is 1. The van der Waals surface area contributed by atoms with E-state index in [4.69, 9.17) is 0 Å². The number of aromatic nitrogens is 4. The number of hydrogen-bond acceptors (Lipinski definition) is 5. The maximum absolute atomic E-state index is 12.5. The lowest BCUT2D eigenvalue weighted by Gasteiger charge is -2.34. The number of amides is 1. The third kappa shape index (κ3) is 4.67. The number of likely N-dealkylation sites (tertiary alicyclic amines) is 1. The van der Waals surface area contributed by atoms with Crippen molar-refractivity contribution in [2.24, 2.45) is 18.9 Å². The summed E-state index contributed by atoms with van der Waals surface area (Å²) in [6.07, 6.45) is 4.87. The second-order valence-corrected chi connectivity index (χ2v) is 8.94. The van der Waals surface area contributed by atoms with Crippen LogP contribution in [0.15, 0.2) is 40.2 Å². The average Bonchev–Trinajstić information content (AvgIpc) is 3.16. The second-order valence-electron chi connectivity index (χ2n) is 8.94. The van der Waals surface area contributed by atoms with Crippen molar-refractivity contribution in [1.29, 1.82) is 0 Å². The highest BCUT2D eigenvalue weighted by molar-refractivity contribution is 5.91. The fraction of sp³-hybridized carbons (Fsp3) is 0.478. The number of aromatic amines is 1. The number of nitrogens with one attached hydrogen (secondary N) is 2. The van der Waals surface area contributed by atoms with Gasteiger partial charge >= 0.3 is 5.69 Å². The van der Waals surface area contributed by atoms with Gasteiger partial charge in [-0.05, 0) is 62.4 Å². The average molecular weight is 439 g/mol. The summed E-state index contributed by atoms with van der Waals surface area (Å²) in [7, 11) is 3.71. The fourth-order valence-electron chi connectivity index (χ4n) is 4.60. The van der Waals surface area contributed by atoms with Crippen LogP contribution in [0.1, 0.15) is 25.3 Å². The van der Waals surface area contributed by atoms with Gasteiger partial charge in [0, 0.05) is 19.3 Å². The van der Waals surface area contributed by atoms with Crippen molar-refractivity contribution >= 4 is 22.8 Å². The molecule has 0 aliphatic carbocycles. The molecule has 1 fully saturated rings. The highest BCUT2D eigenvalue weighted by atomic mass is 16.2. The molecule has 1 amide bonds. The molecule has 0 radical (unpaired) electrons. The van der Waals surface area contributed by atoms with E-state index in [1.165, 1.54) is 54.0 Å². The van der Waals surface area contributed by atoms with Crippen LogP contribution in [0, 0.1) is 11.8 Å². The van der Waals surface area contributed by atoms with Crippen molar-refractivity contribution < 1.29 is 4.79 Å². The molecule has 9 nitrogen and oxygen atoms in total. The summed E-state index contributed by atoms with van der Waals surface area (Å²) in [6, 6.07) is 7.94. The SMILES string of the molecule is C[C@H]1CN(C)CC[C@H]1CCc1ccc(NC(=O)Cn2cnc3c2c(=O)[nH]c(=O)n3C)cc1. The number of H-pyrrole nitrogens is 1. The van der Waals surface area contributed by atoms with Crippen molar-refractivity contribution in [3.8, 4) is 0 Å². The molecule has 2 N–H and O–H groups in total. The maximum atomic E-state index is 12.5. The molecule has 9 heteroatoms. The number of fused-ring (bicyclic) bond motifs is 1. The number of carbonyl (C=O) groups excluding carboxylic acids is 1. The molecule has 0 unspecified atom stereocenters. The molecule has 0 bridgehead atoms. The van der Waals surface area contributed by atoms with Crippen LogP contribution in [0.25, 0.3) is 11.2 Å². The first-order valence-corrected chi connectivity index (χ1v) is 11.0. The second kappa shape index (κ2) is 9.12. The van der Waals surface area contributed by atoms with Crippen molar-refractivity contribution in [2.45, 2.75) is 32.7 Å². The first kappa shape index (κ1) is 22.0. The number of anilines is 1. The molecule has 0 spiro atoms. The summed E-state index contributed by atoms with van der Waals surface area (Å²) in [6.45, 7) is 4.61. The van der Waals surface area contributed by atoms with Gasteiger partial charge in [-0.25, -0.2) is 9.78 Å². The number of benzene rings is 1. The lowest BCUT2D eigenvalue weighted by atomic mass is 9.83. The number of carbonyl (C=O) groups is 1. The molecule has 2 aromatic heterocycles. The Labute approximate surface area is 186 Å². The van der Waals surface area contributed by atoms with E-state index in [1.54, 1.807) is 0 Å². The predicted molar refractivity (Wildman–Crippen MR) is 124 cm³/mol. The van der Waals surface area contributed by atoms with Gasteiger partial charge in [-0.3, -0.25) is 19.1 Å². The van der Waals surface area contributed by atoms with E-state index in [9.17, 15) is 14.4 Å². The summed E-state index contributed by atoms with van der Waals surface area (Å²) in [5.74, 6) is 1.21. The van der Waals surface area contributed by atoms with Crippen molar-refractivity contribution in [1.82, 2.24) is 24.0 Å². The summed E-state index contributed by atoms with van der Waals surface area (Å²) in [4.78, 5) is 45.1. The Kier molecular flexibility index (Phi) is 6.27. The standard InChI is InChI=1S/C23H30N6O3/c1-15-12-27(2)11-10-17(15)7-4-16-5-8-18(9-6-16)25-19(30)13-29-14-24-21-20(29)22(31)26-23(32)28(21)3/h5-6,8-9,14-15,17H,4,7,10-13H2,1-3H3,(H,25,30)(H,26,31,32)/t15-,17+/m0/s1. The van der Waals surface area contributed by atoms with Crippen LogP contribution in [0.5, 0.6) is 0 Å². The molecule has 32 heavy (non-hydrogen) atoms. The number of rotatable bonds is 6. The molecule has 0 saturated carbocycles. The molecule has 1 aliphatic heterocycles. The van der Waals surface area contributed by atoms with Gasteiger partial charge in [0.25, 0.3) is 5.56 Å². The van der Waals surface area contributed by atoms with E-state index in [1.807, 2.05) is 12.1 Å². The third-order valence-electron chi connectivity index (χ3n) is 6.52. The molecule has 2 atom stereocenters. The summed E-state index contributed by atoms with van der Waals surface area (Å²) >= 11 is 0. The highest BCUT2D eigenvalue weighted by Gasteiger charge is 2.23. The minimum Gasteiger partial charge on any atom is -0.325 e. The van der Waals surface area contributed by atoms with Crippen LogP contribution in [0.2, 0.25) is 0 Å². The number of aryl methyl sites for hydroxylation is 2. The Morgan fingerprint density at radius 3 is 2.69 bits per heavy atom. The van der Waals surface area contributed by atoms with E-state index in [-0.39, 0.29) is 23.6 Å². The maximum Gasteiger partial charge on any atom is 0.329 e. The lowest BCUT2D eigenvalue weighted by Crippen LogP contribution is -2.36. The molecule has 1 saturated heterocycles. The number of hydrogen-bond donors (Lipinski definition) is 2. The first-order valence-electron chi connectivity index (χ1n) is 11.0. The molecule has 1 aromatic carbocycles. The molecule has 1 aliphatic rings. The van der Waals surface area contributed by atoms with Crippen LogP contribution in [-0.4, -0.2) is 50.0 Å². The third-order valence-corrected chi connectivity index (χ3v) is 6.52. The molecular weight excluding hydrogens is 408 g/mol. The fourth-order valence-corrected chi connectivity index (χ4v) is 4.60. The molecule has 3 heterocycles. The van der Waals surface area contributed by atoms with Gasteiger partial charge in [-0.2, -0.15) is 0 Å². The zero-order valence-electron chi connectivity index (χ0n) is 18.8. The molecule has 170 valence electrons. The molecular formula is C23H30N6O3. The Morgan fingerprint density at radius 1 is 1.22 bits per heavy atom. The van der Waals surface area contributed by atoms with Gasteiger partial charge in [0.15, 0.2) is 11.2 Å². The van der Waals surface area contributed by atoms with Gasteiger partial charge in [0.05, 0.1) is 6.33 Å². The van der Waals surface area contributed by atoms with Crippen molar-refractivity contribution in [2.75, 3.05) is 25.5 Å². The predicted octanol–water partition coefficient (Wildman–Crippen LogP) is 1.58. The number of nitrogens with zero attached hydrogens (tertiary/aromatic N) is 4. The van der Waals surface area contributed by atoms with Gasteiger partial charge in [-0.15, -0.1) is 0 Å². The van der Waals surface area contributed by atoms with E-state index in [0.29, 0.717) is 5.69 Å². The topological polar surface area (TPSA) is 105 Å². The minimum atomic E-state index is -0.559. The van der Waals surface area contributed by atoms with Crippen LogP contribution in [0.4, 0.5) is 5.69 Å². The Balaban J connectivity index is 1.35. The van der Waals surface area contributed by atoms with Gasteiger partial charge < -0.3 is 14.8 Å². The van der Waals surface area contributed by atoms with Gasteiger partial charge in [0.2, 0.25) is 5.91 Å². The Hall–Kier alpha value is -3.20. The lowest BCUT2D eigenvalue weighted by molar-refractivity contribution is -0.116. The summed E-state index contributed by atoms with van der Waals surface area (Å²) in [5, 5.41) is 2.86. The Morgan fingerprint density at radius 2 is 1.97 bits per heavy atom.